The van der Waals surface area contributed by atoms with E-state index in [-0.39, 0.29) is 47.1 Å². The maximum Gasteiger partial charge on any atom is 0.488 e. The van der Waals surface area contributed by atoms with Gasteiger partial charge in [0.1, 0.15) is 18.3 Å². The molecule has 0 aliphatic rings. The highest BCUT2D eigenvalue weighted by Gasteiger charge is 2.19. The van der Waals surface area contributed by atoms with E-state index in [1.54, 1.807) is 109 Å². The molecule has 0 bridgehead atoms. The first-order valence-corrected chi connectivity index (χ1v) is 28.2. The summed E-state index contributed by atoms with van der Waals surface area (Å²) in [6, 6.07) is 34.1. The molecule has 0 amide bonds. The van der Waals surface area contributed by atoms with Crippen molar-refractivity contribution in [1.82, 2.24) is 0 Å². The zero-order chi connectivity index (χ0) is 61.3. The Labute approximate surface area is 507 Å². The van der Waals surface area contributed by atoms with Gasteiger partial charge in [-0.1, -0.05) is 80.2 Å². The lowest BCUT2D eigenvalue weighted by atomic mass is 9.80. The molecule has 2 unspecified atom stereocenters. The summed E-state index contributed by atoms with van der Waals surface area (Å²) in [6.07, 6.45) is 0.386. The first kappa shape index (κ1) is 74.8. The van der Waals surface area contributed by atoms with E-state index >= 15 is 0 Å². The molecule has 0 fully saturated rings. The van der Waals surface area contributed by atoms with Crippen LogP contribution in [-0.4, -0.2) is 236 Å². The fourth-order valence-corrected chi connectivity index (χ4v) is 7.90. The Morgan fingerprint density at radius 3 is 0.872 bits per heavy atom. The second kappa shape index (κ2) is 45.8. The van der Waals surface area contributed by atoms with Gasteiger partial charge in [-0.15, -0.1) is 0 Å². The zero-order valence-electron chi connectivity index (χ0n) is 48.1. The van der Waals surface area contributed by atoms with Crippen molar-refractivity contribution in [3.63, 3.8) is 0 Å². The van der Waals surface area contributed by atoms with Gasteiger partial charge in [0.2, 0.25) is 0 Å². The summed E-state index contributed by atoms with van der Waals surface area (Å²) in [7, 11) is -7.73. The molecule has 5 aromatic rings. The standard InChI is InChI=1S/C55H81B5N4O19.CH3N.CH4/c65-56(66)44-5-3-43(4-6-44)23-30-83-55(41-79-39-53(81-28-1-24-61-49-15-7-45(8-16-49)57(67)68)37-77-35-33-75-31-26-63-51-19-11-47(12-20-51)59(71)72)42-80-40-54(82-29-2-25-62-50-17-9-46(10-18-50)58(69)70)38-78-36-34-76-32-27-64-52-21-13-48(14-22-52)60(73)74;1-2;/h3-22,53-55,61-74H,1-2,23-42H2;2H,1H2;1H4. The first-order chi connectivity index (χ1) is 41.3. The van der Waals surface area contributed by atoms with E-state index in [2.05, 4.69) is 28.0 Å². The number of hydrogen-bond acceptors (Lipinski definition) is 24. The van der Waals surface area contributed by atoms with E-state index in [0.29, 0.717) is 132 Å². The van der Waals surface area contributed by atoms with Crippen LogP contribution < -0.4 is 48.6 Å². The third-order valence-electron chi connectivity index (χ3n) is 12.6. The van der Waals surface area contributed by atoms with Crippen molar-refractivity contribution in [3.8, 4) is 0 Å². The lowest BCUT2D eigenvalue weighted by Crippen LogP contribution is -2.34. The predicted molar refractivity (Wildman–Crippen MR) is 339 cm³/mol. The molecule has 0 aliphatic carbocycles. The minimum Gasteiger partial charge on any atom is -0.423 e. The van der Waals surface area contributed by atoms with E-state index < -0.39 is 53.9 Å². The highest BCUT2D eigenvalue weighted by atomic mass is 16.6. The molecule has 15 N–H and O–H groups in total. The molecule has 470 valence electrons. The Morgan fingerprint density at radius 2 is 0.570 bits per heavy atom. The fraction of sp³-hybridized carbons (Fsp3) is 0.456. The highest BCUT2D eigenvalue weighted by molar-refractivity contribution is 6.60. The van der Waals surface area contributed by atoms with Crippen LogP contribution in [0.25, 0.3) is 0 Å². The van der Waals surface area contributed by atoms with Gasteiger partial charge in [-0.25, -0.2) is 0 Å². The molecular weight excluding hydrogens is 1110 g/mol. The van der Waals surface area contributed by atoms with Crippen LogP contribution in [0.5, 0.6) is 0 Å². The Bertz CT molecular complexity index is 2300. The maximum absolute atomic E-state index is 9.58. The van der Waals surface area contributed by atoms with Crippen LogP contribution in [0.3, 0.4) is 0 Å². The summed E-state index contributed by atoms with van der Waals surface area (Å²) >= 11 is 0. The summed E-state index contributed by atoms with van der Waals surface area (Å²) in [4.78, 5) is 0. The minimum atomic E-state index is -1.57. The van der Waals surface area contributed by atoms with Crippen molar-refractivity contribution < 1.29 is 92.9 Å². The average molecular weight is 1200 g/mol. The molecule has 0 aromatic heterocycles. The minimum absolute atomic E-state index is 0. The summed E-state index contributed by atoms with van der Waals surface area (Å²) in [5.41, 5.74) is 6.18. The monoisotopic (exact) mass is 1200 g/mol. The molecule has 5 aromatic carbocycles. The van der Waals surface area contributed by atoms with E-state index in [4.69, 9.17) is 48.0 Å². The molecule has 0 aliphatic heterocycles. The van der Waals surface area contributed by atoms with Crippen molar-refractivity contribution >= 4 is 92.4 Å². The van der Waals surface area contributed by atoms with Gasteiger partial charge in [0.15, 0.2) is 0 Å². The highest BCUT2D eigenvalue weighted by Crippen LogP contribution is 2.10. The van der Waals surface area contributed by atoms with Crippen LogP contribution in [0, 0.1) is 5.41 Å². The van der Waals surface area contributed by atoms with Crippen molar-refractivity contribution in [1.29, 1.82) is 5.41 Å². The molecule has 0 saturated heterocycles. The van der Waals surface area contributed by atoms with Crippen LogP contribution in [-0.2, 0) is 49.1 Å². The Morgan fingerprint density at radius 1 is 0.314 bits per heavy atom. The van der Waals surface area contributed by atoms with Crippen molar-refractivity contribution in [2.45, 2.75) is 45.0 Å². The van der Waals surface area contributed by atoms with Crippen LogP contribution in [0.15, 0.2) is 121 Å². The van der Waals surface area contributed by atoms with Crippen LogP contribution in [0.2, 0.25) is 0 Å². The lowest BCUT2D eigenvalue weighted by molar-refractivity contribution is -0.110. The van der Waals surface area contributed by atoms with Gasteiger partial charge in [-0.3, -0.25) is 0 Å². The topological polar surface area (TPSA) is 357 Å². The molecule has 29 heteroatoms. The summed E-state index contributed by atoms with van der Waals surface area (Å²) in [5, 5.41) is 113. The second-order valence-electron chi connectivity index (χ2n) is 19.2. The Balaban J connectivity index is 0.00000638. The average Bonchev–Trinajstić information content (AvgIpc) is 3.62. The van der Waals surface area contributed by atoms with E-state index in [1.165, 1.54) is 0 Å². The quantitative estimate of drug-likeness (QED) is 0.0114. The van der Waals surface area contributed by atoms with Crippen LogP contribution >= 0.6 is 0 Å². The number of rotatable bonds is 47. The predicted octanol–water partition coefficient (Wildman–Crippen LogP) is -1.99. The summed E-state index contributed by atoms with van der Waals surface area (Å²) in [5.74, 6) is 0. The van der Waals surface area contributed by atoms with Gasteiger partial charge in [0, 0.05) is 62.1 Å². The maximum atomic E-state index is 9.58. The second-order valence-corrected chi connectivity index (χ2v) is 19.2. The molecule has 24 nitrogen and oxygen atoms in total. The van der Waals surface area contributed by atoms with Crippen molar-refractivity contribution in [2.75, 3.05) is 147 Å². The van der Waals surface area contributed by atoms with Gasteiger partial charge in [-0.05, 0) is 107 Å². The smallest absolute Gasteiger partial charge is 0.423 e. The van der Waals surface area contributed by atoms with Gasteiger partial charge in [-0.2, -0.15) is 0 Å². The Hall–Kier alpha value is -5.47. The third kappa shape index (κ3) is 32.5. The number of anilines is 4. The fourth-order valence-electron chi connectivity index (χ4n) is 7.90. The number of nitrogens with one attached hydrogen (secondary N) is 5. The zero-order valence-corrected chi connectivity index (χ0v) is 48.1. The van der Waals surface area contributed by atoms with Gasteiger partial charge < -0.3 is 120 Å². The molecular formula is C57H88B5N5O19. The number of ether oxygens (including phenoxy) is 9. The van der Waals surface area contributed by atoms with Gasteiger partial charge in [0.05, 0.1) is 85.9 Å². The molecule has 86 heavy (non-hydrogen) atoms. The summed E-state index contributed by atoms with van der Waals surface area (Å²) < 4.78 is 55.0. The van der Waals surface area contributed by atoms with E-state index in [0.717, 1.165) is 28.3 Å². The SMILES string of the molecule is C.C=N.OB(O)c1ccc(CCOC(COCC(COCCOCCNc2ccc(B(O)O)cc2)OCCCNc2ccc(B(O)O)cc2)COCC(COCCOCCNc2ccc(B(O)O)cc2)OCCCNc2ccc(B(O)O)cc2)cc1. The first-order valence-electron chi connectivity index (χ1n) is 28.2. The Kier molecular flexibility index (Phi) is 39.8. The normalized spacial score (nSPS) is 12.0. The third-order valence-corrected chi connectivity index (χ3v) is 12.6. The van der Waals surface area contributed by atoms with Crippen molar-refractivity contribution in [3.05, 3.63) is 127 Å². The van der Waals surface area contributed by atoms with Crippen molar-refractivity contribution in [2.24, 2.45) is 0 Å². The van der Waals surface area contributed by atoms with E-state index in [1.807, 2.05) is 12.1 Å². The van der Waals surface area contributed by atoms with Crippen LogP contribution in [0.1, 0.15) is 25.8 Å². The molecule has 5 rings (SSSR count). The number of hydrogen-bond donors (Lipinski definition) is 15. The van der Waals surface area contributed by atoms with Crippen LogP contribution in [0.4, 0.5) is 22.7 Å². The molecule has 2 atom stereocenters. The molecule has 0 saturated carbocycles. The largest absolute Gasteiger partial charge is 0.488 e. The molecule has 0 heterocycles. The molecule has 0 radical (unpaired) electrons. The number of benzene rings is 5. The van der Waals surface area contributed by atoms with Gasteiger partial charge >= 0.3 is 35.6 Å². The lowest BCUT2D eigenvalue weighted by Gasteiger charge is -2.23. The van der Waals surface area contributed by atoms with E-state index in [9.17, 15) is 50.2 Å². The van der Waals surface area contributed by atoms with Gasteiger partial charge in [0.25, 0.3) is 0 Å². The summed E-state index contributed by atoms with van der Waals surface area (Å²) in [6.45, 7) is 8.95. The molecule has 0 spiro atoms.